The first-order valence-corrected chi connectivity index (χ1v) is 8.96. The summed E-state index contributed by atoms with van der Waals surface area (Å²) in [5.41, 5.74) is 0.925. The molecule has 1 aromatic heterocycles. The van der Waals surface area contributed by atoms with Gasteiger partial charge in [0.2, 0.25) is 10.0 Å². The second-order valence-electron chi connectivity index (χ2n) is 6.12. The molecule has 0 amide bonds. The van der Waals surface area contributed by atoms with Gasteiger partial charge in [-0.3, -0.25) is 0 Å². The third-order valence-electron chi connectivity index (χ3n) is 4.38. The Labute approximate surface area is 120 Å². The lowest BCUT2D eigenvalue weighted by molar-refractivity contribution is 0.260. The molecule has 112 valence electrons. The molecule has 1 unspecified atom stereocenters. The third kappa shape index (κ3) is 3.24. The highest BCUT2D eigenvalue weighted by Crippen LogP contribution is 2.30. The molecule has 0 bridgehead atoms. The predicted octanol–water partition coefficient (Wildman–Crippen LogP) is 1.73. The zero-order chi connectivity index (χ0) is 14.2. The zero-order valence-corrected chi connectivity index (χ0v) is 12.7. The first-order valence-electron chi connectivity index (χ1n) is 7.47. The fourth-order valence-electron chi connectivity index (χ4n) is 2.57. The van der Waals surface area contributed by atoms with Gasteiger partial charge in [0, 0.05) is 30.5 Å². The van der Waals surface area contributed by atoms with Crippen molar-refractivity contribution < 1.29 is 8.42 Å². The van der Waals surface area contributed by atoms with Crippen molar-refractivity contribution in [3.63, 3.8) is 0 Å². The van der Waals surface area contributed by atoms with Crippen molar-refractivity contribution in [1.82, 2.24) is 15.0 Å². The summed E-state index contributed by atoms with van der Waals surface area (Å²) in [5, 5.41) is 3.37. The van der Waals surface area contributed by atoms with Crippen molar-refractivity contribution in [1.29, 1.82) is 0 Å². The number of sulfonamides is 1. The van der Waals surface area contributed by atoms with Crippen LogP contribution in [0.2, 0.25) is 0 Å². The molecule has 2 aliphatic rings. The topological polar surface area (TPSA) is 74.0 Å². The van der Waals surface area contributed by atoms with Crippen LogP contribution >= 0.6 is 0 Å². The normalized spacial score (nSPS) is 21.6. The number of aromatic amines is 1. The molecule has 5 nitrogen and oxygen atoms in total. The van der Waals surface area contributed by atoms with Gasteiger partial charge in [-0.05, 0) is 44.6 Å². The smallest absolute Gasteiger partial charge is 0.242 e. The van der Waals surface area contributed by atoms with E-state index in [1.165, 1.54) is 19.3 Å². The molecule has 0 saturated heterocycles. The Balaban J connectivity index is 1.60. The van der Waals surface area contributed by atoms with Gasteiger partial charge in [0.25, 0.3) is 0 Å². The second kappa shape index (κ2) is 5.50. The average Bonchev–Trinajstić information content (AvgIpc) is 2.99. The Morgan fingerprint density at radius 3 is 2.70 bits per heavy atom. The van der Waals surface area contributed by atoms with Crippen LogP contribution in [0.5, 0.6) is 0 Å². The van der Waals surface area contributed by atoms with E-state index < -0.39 is 10.0 Å². The third-order valence-corrected chi connectivity index (χ3v) is 5.92. The first-order chi connectivity index (χ1) is 9.54. The van der Waals surface area contributed by atoms with Crippen LogP contribution in [0.1, 0.15) is 44.7 Å². The molecule has 2 fully saturated rings. The monoisotopic (exact) mass is 297 g/mol. The van der Waals surface area contributed by atoms with E-state index >= 15 is 0 Å². The number of rotatable bonds is 7. The SMILES string of the molecule is CC(NS(=O)(=O)c1c[nH]c(CNC2CC2)c1)C1CCC1. The van der Waals surface area contributed by atoms with Gasteiger partial charge in [0.1, 0.15) is 0 Å². The summed E-state index contributed by atoms with van der Waals surface area (Å²) in [5.74, 6) is 0.500. The van der Waals surface area contributed by atoms with Crippen molar-refractivity contribution in [2.45, 2.75) is 62.6 Å². The molecule has 0 spiro atoms. The molecular weight excluding hydrogens is 274 g/mol. The van der Waals surface area contributed by atoms with E-state index in [1.54, 1.807) is 12.3 Å². The van der Waals surface area contributed by atoms with Crippen LogP contribution in [0, 0.1) is 5.92 Å². The molecule has 1 aromatic rings. The largest absolute Gasteiger partial charge is 0.363 e. The minimum absolute atomic E-state index is 0.0247. The predicted molar refractivity (Wildman–Crippen MR) is 77.8 cm³/mol. The summed E-state index contributed by atoms with van der Waals surface area (Å²) in [6.07, 6.45) is 7.52. The first kappa shape index (κ1) is 14.1. The van der Waals surface area contributed by atoms with Crippen molar-refractivity contribution in [3.8, 4) is 0 Å². The van der Waals surface area contributed by atoms with E-state index in [0.29, 0.717) is 23.4 Å². The van der Waals surface area contributed by atoms with Gasteiger partial charge in [-0.1, -0.05) is 6.42 Å². The maximum Gasteiger partial charge on any atom is 0.242 e. The highest BCUT2D eigenvalue weighted by atomic mass is 32.2. The quantitative estimate of drug-likeness (QED) is 0.717. The van der Waals surface area contributed by atoms with Crippen LogP contribution in [0.15, 0.2) is 17.2 Å². The highest BCUT2D eigenvalue weighted by Gasteiger charge is 2.28. The summed E-state index contributed by atoms with van der Waals surface area (Å²) in [6, 6.07) is 2.37. The number of nitrogens with one attached hydrogen (secondary N) is 3. The fourth-order valence-corrected chi connectivity index (χ4v) is 3.90. The summed E-state index contributed by atoms with van der Waals surface area (Å²) >= 11 is 0. The number of hydrogen-bond donors (Lipinski definition) is 3. The van der Waals surface area contributed by atoms with Crippen LogP contribution in [-0.2, 0) is 16.6 Å². The molecular formula is C14H23N3O2S. The minimum Gasteiger partial charge on any atom is -0.363 e. The molecule has 0 radical (unpaired) electrons. The van der Waals surface area contributed by atoms with E-state index in [4.69, 9.17) is 0 Å². The van der Waals surface area contributed by atoms with E-state index in [1.807, 2.05) is 6.92 Å². The van der Waals surface area contributed by atoms with Gasteiger partial charge < -0.3 is 10.3 Å². The zero-order valence-electron chi connectivity index (χ0n) is 11.9. The van der Waals surface area contributed by atoms with E-state index in [9.17, 15) is 8.42 Å². The number of aromatic nitrogens is 1. The van der Waals surface area contributed by atoms with Crippen molar-refractivity contribution in [2.75, 3.05) is 0 Å². The molecule has 1 heterocycles. The Morgan fingerprint density at radius 2 is 2.10 bits per heavy atom. The summed E-state index contributed by atoms with van der Waals surface area (Å²) < 4.78 is 27.4. The molecule has 1 atom stereocenters. The Hall–Kier alpha value is -0.850. The minimum atomic E-state index is -3.39. The molecule has 3 N–H and O–H groups in total. The van der Waals surface area contributed by atoms with Gasteiger partial charge in [0.05, 0.1) is 4.90 Å². The van der Waals surface area contributed by atoms with Gasteiger partial charge in [-0.15, -0.1) is 0 Å². The summed E-state index contributed by atoms with van der Waals surface area (Å²) in [4.78, 5) is 3.39. The average molecular weight is 297 g/mol. The van der Waals surface area contributed by atoms with Crippen molar-refractivity contribution in [2.24, 2.45) is 5.92 Å². The standard InChI is InChI=1S/C14H23N3O2S/c1-10(11-3-2-4-11)17-20(18,19)14-7-13(16-9-14)8-15-12-5-6-12/h7,9-12,15-17H,2-6,8H2,1H3. The Morgan fingerprint density at radius 1 is 1.35 bits per heavy atom. The lowest BCUT2D eigenvalue weighted by Gasteiger charge is -2.31. The second-order valence-corrected chi connectivity index (χ2v) is 7.83. The van der Waals surface area contributed by atoms with E-state index in [2.05, 4.69) is 15.0 Å². The molecule has 0 aromatic carbocycles. The lowest BCUT2D eigenvalue weighted by Crippen LogP contribution is -2.40. The maximum absolute atomic E-state index is 12.3. The molecule has 20 heavy (non-hydrogen) atoms. The lowest BCUT2D eigenvalue weighted by atomic mass is 9.81. The highest BCUT2D eigenvalue weighted by molar-refractivity contribution is 7.89. The maximum atomic E-state index is 12.3. The van der Waals surface area contributed by atoms with Crippen molar-refractivity contribution in [3.05, 3.63) is 18.0 Å². The van der Waals surface area contributed by atoms with Crippen molar-refractivity contribution >= 4 is 10.0 Å². The van der Waals surface area contributed by atoms with Gasteiger partial charge in [-0.2, -0.15) is 0 Å². The fraction of sp³-hybridized carbons (Fsp3) is 0.714. The molecule has 2 aliphatic carbocycles. The van der Waals surface area contributed by atoms with Crippen LogP contribution in [-0.4, -0.2) is 25.5 Å². The van der Waals surface area contributed by atoms with Crippen LogP contribution in [0.3, 0.4) is 0 Å². The molecule has 6 heteroatoms. The van der Waals surface area contributed by atoms with Crippen LogP contribution in [0.25, 0.3) is 0 Å². The van der Waals surface area contributed by atoms with E-state index in [0.717, 1.165) is 18.5 Å². The van der Waals surface area contributed by atoms with Gasteiger partial charge in [-0.25, -0.2) is 13.1 Å². The molecule has 3 rings (SSSR count). The van der Waals surface area contributed by atoms with Crippen LogP contribution in [0.4, 0.5) is 0 Å². The molecule has 2 saturated carbocycles. The van der Waals surface area contributed by atoms with Gasteiger partial charge in [0.15, 0.2) is 0 Å². The van der Waals surface area contributed by atoms with Crippen LogP contribution < -0.4 is 10.0 Å². The van der Waals surface area contributed by atoms with E-state index in [-0.39, 0.29) is 6.04 Å². The summed E-state index contributed by atoms with van der Waals surface area (Å²) in [7, 11) is -3.39. The number of hydrogen-bond acceptors (Lipinski definition) is 3. The Bertz CT molecular complexity index is 559. The number of H-pyrrole nitrogens is 1. The Kier molecular flexibility index (Phi) is 3.88. The summed E-state index contributed by atoms with van der Waals surface area (Å²) in [6.45, 7) is 2.67. The van der Waals surface area contributed by atoms with Gasteiger partial charge >= 0.3 is 0 Å². The molecule has 0 aliphatic heterocycles.